The van der Waals surface area contributed by atoms with Crippen LogP contribution in [0.25, 0.3) is 22.1 Å². The highest BCUT2D eigenvalue weighted by Gasteiger charge is 2.21. The maximum absolute atomic E-state index is 12.8. The Labute approximate surface area is 338 Å². The van der Waals surface area contributed by atoms with Crippen LogP contribution in [0.3, 0.4) is 0 Å². The minimum atomic E-state index is -0.388. The summed E-state index contributed by atoms with van der Waals surface area (Å²) in [6, 6.07) is 14.6. The van der Waals surface area contributed by atoms with E-state index in [1.807, 2.05) is 35.7 Å². The normalized spacial score (nSPS) is 12.8. The summed E-state index contributed by atoms with van der Waals surface area (Å²) in [5, 5.41) is 10.3. The van der Waals surface area contributed by atoms with E-state index < -0.39 is 0 Å². The van der Waals surface area contributed by atoms with Gasteiger partial charge in [0.1, 0.15) is 48.4 Å². The first-order valence-corrected chi connectivity index (χ1v) is 18.4. The Hall–Kier alpha value is -7.18. The maximum atomic E-state index is 12.8. The van der Waals surface area contributed by atoms with E-state index in [-0.39, 0.29) is 72.8 Å². The zero-order valence-corrected chi connectivity index (χ0v) is 31.9. The Morgan fingerprint density at radius 1 is 0.724 bits per heavy atom. The molecule has 3 amide bonds. The molecule has 0 spiro atoms. The number of thiophene rings is 1. The molecule has 19 heteroatoms. The summed E-state index contributed by atoms with van der Waals surface area (Å²) in [6.45, 7) is 0.779. The Morgan fingerprint density at radius 3 is 1.84 bits per heavy atom. The molecule has 0 fully saturated rings. The van der Waals surface area contributed by atoms with Crippen molar-refractivity contribution in [2.24, 2.45) is 0 Å². The number of fused-ring (bicyclic) bond motifs is 4. The summed E-state index contributed by atoms with van der Waals surface area (Å²) in [4.78, 5) is 83.6. The first kappa shape index (κ1) is 39.1. The van der Waals surface area contributed by atoms with Crippen LogP contribution in [0.4, 0.5) is 11.4 Å². The van der Waals surface area contributed by atoms with Crippen LogP contribution < -0.4 is 31.2 Å². The SMILES string of the molecule is Cl.Nc1c[nH]c2c(C(=O)NCc3ccc4c(c3)CC(=O)CO4)ncnc12.O=C1COc2ccc(CNC(=O)c3ncnc4c(NC(=O)c5cccs5)c[nH]c34)cc2C1. The third-order valence-corrected chi connectivity index (χ3v) is 9.96. The van der Waals surface area contributed by atoms with Gasteiger partial charge in [-0.15, -0.1) is 23.7 Å². The van der Waals surface area contributed by atoms with Crippen molar-refractivity contribution in [1.82, 2.24) is 40.5 Å². The number of nitrogen functional groups attached to an aromatic ring is 1. The fraction of sp³-hybridized carbons (Fsp3) is 0.154. The van der Waals surface area contributed by atoms with Crippen LogP contribution in [0.5, 0.6) is 11.5 Å². The molecule has 17 nitrogen and oxygen atoms in total. The smallest absolute Gasteiger partial charge is 0.272 e. The number of nitrogens with zero attached hydrogens (tertiary/aromatic N) is 4. The lowest BCUT2D eigenvalue weighted by Gasteiger charge is -2.17. The third kappa shape index (κ3) is 8.32. The molecule has 0 radical (unpaired) electrons. The summed E-state index contributed by atoms with van der Waals surface area (Å²) in [5.74, 6) is 0.507. The van der Waals surface area contributed by atoms with Gasteiger partial charge in [-0.25, -0.2) is 19.9 Å². The van der Waals surface area contributed by atoms with Crippen molar-refractivity contribution in [3.8, 4) is 11.5 Å². The second kappa shape index (κ2) is 16.9. The molecule has 2 aliphatic heterocycles. The molecule has 7 heterocycles. The Kier molecular flexibility index (Phi) is 11.4. The number of aromatic nitrogens is 6. The van der Waals surface area contributed by atoms with Gasteiger partial charge in [0.15, 0.2) is 23.0 Å². The van der Waals surface area contributed by atoms with Gasteiger partial charge in [0.05, 0.1) is 27.3 Å². The third-order valence-electron chi connectivity index (χ3n) is 9.09. The number of carbonyl (C=O) groups is 5. The van der Waals surface area contributed by atoms with Gasteiger partial charge in [-0.2, -0.15) is 0 Å². The minimum absolute atomic E-state index is 0. The molecule has 0 atom stereocenters. The molecule has 7 N–H and O–H groups in total. The molecular formula is C39H33ClN10O7S. The van der Waals surface area contributed by atoms with Crippen LogP contribution in [-0.4, -0.2) is 72.4 Å². The molecule has 0 unspecified atom stereocenters. The number of H-pyrrole nitrogens is 2. The van der Waals surface area contributed by atoms with Crippen LogP contribution in [0.2, 0.25) is 0 Å². The van der Waals surface area contributed by atoms with E-state index in [0.717, 1.165) is 22.3 Å². The van der Waals surface area contributed by atoms with E-state index in [0.29, 0.717) is 69.2 Å². The van der Waals surface area contributed by atoms with Crippen molar-refractivity contribution in [2.75, 3.05) is 24.3 Å². The number of aromatic amines is 2. The van der Waals surface area contributed by atoms with Gasteiger partial charge in [-0.05, 0) is 46.8 Å². The lowest BCUT2D eigenvalue weighted by atomic mass is 10.0. The Balaban J connectivity index is 0.000000179. The zero-order chi connectivity index (χ0) is 39.5. The highest BCUT2D eigenvalue weighted by Crippen LogP contribution is 2.27. The summed E-state index contributed by atoms with van der Waals surface area (Å²) >= 11 is 1.33. The van der Waals surface area contributed by atoms with E-state index in [4.69, 9.17) is 15.2 Å². The van der Waals surface area contributed by atoms with Crippen molar-refractivity contribution in [3.63, 3.8) is 0 Å². The van der Waals surface area contributed by atoms with Gasteiger partial charge in [0.2, 0.25) is 0 Å². The van der Waals surface area contributed by atoms with Gasteiger partial charge in [-0.1, -0.05) is 18.2 Å². The van der Waals surface area contributed by atoms with Gasteiger partial charge in [-0.3, -0.25) is 24.0 Å². The Bertz CT molecular complexity index is 2710. The lowest BCUT2D eigenvalue weighted by molar-refractivity contribution is -0.122. The molecule has 0 saturated carbocycles. The first-order valence-electron chi connectivity index (χ1n) is 17.5. The molecule has 7 aromatic rings. The van der Waals surface area contributed by atoms with Crippen molar-refractivity contribution >= 4 is 86.5 Å². The molecule has 0 bridgehead atoms. The number of anilines is 2. The summed E-state index contributed by atoms with van der Waals surface area (Å²) in [6.07, 6.45) is 6.44. The second-order valence-corrected chi connectivity index (χ2v) is 14.0. The first-order chi connectivity index (χ1) is 27.7. The van der Waals surface area contributed by atoms with Crippen molar-refractivity contribution in [2.45, 2.75) is 25.9 Å². The number of benzene rings is 2. The fourth-order valence-corrected chi connectivity index (χ4v) is 6.97. The number of ketones is 2. The summed E-state index contributed by atoms with van der Waals surface area (Å²) < 4.78 is 10.8. The number of halogens is 1. The highest BCUT2D eigenvalue weighted by molar-refractivity contribution is 7.12. The minimum Gasteiger partial charge on any atom is -0.486 e. The lowest BCUT2D eigenvalue weighted by Crippen LogP contribution is -2.25. The van der Waals surface area contributed by atoms with Gasteiger partial charge in [0, 0.05) is 49.5 Å². The number of rotatable bonds is 8. The topological polar surface area (TPSA) is 249 Å². The highest BCUT2D eigenvalue weighted by atomic mass is 35.5. The number of carbonyl (C=O) groups excluding carboxylic acids is 5. The molecule has 58 heavy (non-hydrogen) atoms. The molecule has 9 rings (SSSR count). The Morgan fingerprint density at radius 2 is 1.28 bits per heavy atom. The number of nitrogens with two attached hydrogens (primary N) is 1. The van der Waals surface area contributed by atoms with Crippen LogP contribution in [0.1, 0.15) is 52.9 Å². The predicted octanol–water partition coefficient (Wildman–Crippen LogP) is 4.10. The van der Waals surface area contributed by atoms with Crippen molar-refractivity contribution in [1.29, 1.82) is 0 Å². The van der Waals surface area contributed by atoms with Gasteiger partial charge < -0.3 is 41.1 Å². The maximum Gasteiger partial charge on any atom is 0.272 e. The predicted molar refractivity (Wildman–Crippen MR) is 215 cm³/mol. The van der Waals surface area contributed by atoms with Crippen LogP contribution in [0, 0.1) is 0 Å². The average molecular weight is 821 g/mol. The van der Waals surface area contributed by atoms with Crippen LogP contribution >= 0.6 is 23.7 Å². The van der Waals surface area contributed by atoms with Gasteiger partial charge >= 0.3 is 0 Å². The van der Waals surface area contributed by atoms with E-state index in [2.05, 4.69) is 45.9 Å². The molecule has 0 aliphatic carbocycles. The largest absolute Gasteiger partial charge is 0.486 e. The molecule has 0 saturated heterocycles. The van der Waals surface area contributed by atoms with E-state index in [1.54, 1.807) is 30.6 Å². The van der Waals surface area contributed by atoms with Crippen LogP contribution in [-0.2, 0) is 35.5 Å². The zero-order valence-electron chi connectivity index (χ0n) is 30.3. The monoisotopic (exact) mass is 820 g/mol. The van der Waals surface area contributed by atoms with E-state index in [1.165, 1.54) is 24.0 Å². The molecule has 5 aromatic heterocycles. The summed E-state index contributed by atoms with van der Waals surface area (Å²) in [7, 11) is 0. The van der Waals surface area contributed by atoms with Crippen molar-refractivity contribution in [3.05, 3.63) is 117 Å². The number of hydrogen-bond donors (Lipinski definition) is 6. The number of Topliss-reactive ketones (excluding diaryl/α,β-unsaturated/α-hetero) is 2. The summed E-state index contributed by atoms with van der Waals surface area (Å²) in [5.41, 5.74) is 12.4. The van der Waals surface area contributed by atoms with Crippen LogP contribution in [0.15, 0.2) is 79.0 Å². The number of hydrogen-bond acceptors (Lipinski definition) is 13. The quantitative estimate of drug-likeness (QED) is 0.127. The standard InChI is InChI=1S/C22H17N5O4S.C17H15N5O3.ClH/c28-14-7-13-6-12(3-4-16(13)31-10-14)8-24-22(30)20-19-18(25-11-26-20)15(9-23-19)27-21(29)17-2-1-5-32-17;18-12-6-19-15-14(12)21-8-22-16(15)17(24)20-5-9-1-2-13-10(3-9)4-11(23)7-25-13;/h1-6,9,11,23H,7-8,10H2,(H,24,30)(H,27,29);1-3,6,8,19H,4-5,7,18H2,(H,20,24);1H. The molecule has 2 aromatic carbocycles. The molecule has 294 valence electrons. The number of amides is 3. The van der Waals surface area contributed by atoms with Gasteiger partial charge in [0.25, 0.3) is 17.7 Å². The molecular weight excluding hydrogens is 788 g/mol. The number of ether oxygens (including phenoxy) is 2. The van der Waals surface area contributed by atoms with E-state index >= 15 is 0 Å². The fourth-order valence-electron chi connectivity index (χ4n) is 6.35. The van der Waals surface area contributed by atoms with E-state index in [9.17, 15) is 24.0 Å². The molecule has 2 aliphatic rings. The van der Waals surface area contributed by atoms with Crippen molar-refractivity contribution < 1.29 is 33.4 Å². The number of nitrogens with one attached hydrogen (secondary N) is 5. The second-order valence-electron chi connectivity index (χ2n) is 13.0. The average Bonchev–Trinajstić information content (AvgIpc) is 4.00.